The van der Waals surface area contributed by atoms with Crippen molar-refractivity contribution in [2.24, 2.45) is 5.73 Å². The number of likely N-dealkylation sites (tertiary alicyclic amines) is 1. The largest absolute Gasteiger partial charge is 0.481 e. The molecule has 1 saturated heterocycles. The quantitative estimate of drug-likeness (QED) is 0.193. The molecular formula is C24H31N5O8. The highest BCUT2D eigenvalue weighted by Crippen LogP contribution is 2.23. The molecular weight excluding hydrogens is 486 g/mol. The number of aliphatic hydroxyl groups excluding tert-OH is 1. The third-order valence-electron chi connectivity index (χ3n) is 6.37. The number of benzene rings is 1. The number of aromatic nitrogens is 1. The zero-order valence-corrected chi connectivity index (χ0v) is 20.2. The van der Waals surface area contributed by atoms with Crippen LogP contribution in [-0.2, 0) is 30.4 Å². The van der Waals surface area contributed by atoms with Gasteiger partial charge in [0, 0.05) is 30.1 Å². The number of para-hydroxylation sites is 1. The smallest absolute Gasteiger partial charge is 0.326 e. The number of carboxylic acids is 2. The van der Waals surface area contributed by atoms with Crippen molar-refractivity contribution in [1.82, 2.24) is 20.5 Å². The number of hydrogen-bond acceptors (Lipinski definition) is 7. The Bertz CT molecular complexity index is 1180. The molecule has 3 rings (SSSR count). The van der Waals surface area contributed by atoms with E-state index in [1.54, 1.807) is 6.20 Å². The maximum absolute atomic E-state index is 13.7. The lowest BCUT2D eigenvalue weighted by Gasteiger charge is -2.30. The van der Waals surface area contributed by atoms with Gasteiger partial charge in [0.1, 0.15) is 24.2 Å². The van der Waals surface area contributed by atoms with E-state index in [2.05, 4.69) is 15.6 Å². The molecule has 13 nitrogen and oxygen atoms in total. The van der Waals surface area contributed by atoms with E-state index in [-0.39, 0.29) is 19.4 Å². The first-order valence-corrected chi connectivity index (χ1v) is 11.8. The average molecular weight is 518 g/mol. The van der Waals surface area contributed by atoms with E-state index in [1.807, 2.05) is 24.3 Å². The van der Waals surface area contributed by atoms with E-state index < -0.39 is 66.4 Å². The summed E-state index contributed by atoms with van der Waals surface area (Å²) in [5.74, 6) is -5.04. The van der Waals surface area contributed by atoms with Crippen LogP contribution in [0.5, 0.6) is 0 Å². The highest BCUT2D eigenvalue weighted by molar-refractivity contribution is 5.95. The number of aromatic amines is 1. The Kier molecular flexibility index (Phi) is 8.84. The van der Waals surface area contributed by atoms with E-state index in [9.17, 15) is 34.2 Å². The van der Waals surface area contributed by atoms with Crippen molar-refractivity contribution in [2.45, 2.75) is 62.9 Å². The van der Waals surface area contributed by atoms with Crippen LogP contribution in [-0.4, -0.2) is 91.7 Å². The van der Waals surface area contributed by atoms with Crippen molar-refractivity contribution in [2.75, 3.05) is 6.54 Å². The minimum Gasteiger partial charge on any atom is -0.481 e. The van der Waals surface area contributed by atoms with Gasteiger partial charge in [0.15, 0.2) is 0 Å². The van der Waals surface area contributed by atoms with Gasteiger partial charge < -0.3 is 41.6 Å². The first-order chi connectivity index (χ1) is 17.5. The Hall–Kier alpha value is -3.97. The lowest BCUT2D eigenvalue weighted by atomic mass is 10.0. The average Bonchev–Trinajstić information content (AvgIpc) is 3.49. The molecule has 0 spiro atoms. The second-order valence-electron chi connectivity index (χ2n) is 9.08. The van der Waals surface area contributed by atoms with Gasteiger partial charge >= 0.3 is 11.9 Å². The molecule has 1 aromatic heterocycles. The van der Waals surface area contributed by atoms with Gasteiger partial charge in [-0.05, 0) is 31.4 Å². The van der Waals surface area contributed by atoms with E-state index in [0.717, 1.165) is 16.5 Å². The molecule has 1 aromatic carbocycles. The van der Waals surface area contributed by atoms with Crippen molar-refractivity contribution in [3.05, 3.63) is 36.0 Å². The molecule has 13 heteroatoms. The number of rotatable bonds is 11. The van der Waals surface area contributed by atoms with Crippen LogP contribution in [0, 0.1) is 0 Å². The number of nitrogens with zero attached hydrogens (tertiary/aromatic N) is 1. The normalized spacial score (nSPS) is 18.6. The van der Waals surface area contributed by atoms with Crippen molar-refractivity contribution in [3.63, 3.8) is 0 Å². The molecule has 1 aliphatic rings. The minimum atomic E-state index is -1.66. The van der Waals surface area contributed by atoms with E-state index in [0.29, 0.717) is 6.42 Å². The number of hydrogen-bond donors (Lipinski definition) is 7. The Balaban J connectivity index is 1.84. The predicted molar refractivity (Wildman–Crippen MR) is 130 cm³/mol. The Labute approximate surface area is 212 Å². The van der Waals surface area contributed by atoms with E-state index >= 15 is 0 Å². The molecule has 0 bridgehead atoms. The predicted octanol–water partition coefficient (Wildman–Crippen LogP) is -1.06. The Morgan fingerprint density at radius 3 is 2.49 bits per heavy atom. The summed E-state index contributed by atoms with van der Waals surface area (Å²) in [6.07, 6.45) is 0.458. The van der Waals surface area contributed by atoms with Crippen molar-refractivity contribution < 1.29 is 39.3 Å². The summed E-state index contributed by atoms with van der Waals surface area (Å²) in [7, 11) is 0. The van der Waals surface area contributed by atoms with Gasteiger partial charge in [0.2, 0.25) is 17.7 Å². The summed E-state index contributed by atoms with van der Waals surface area (Å²) in [4.78, 5) is 65.9. The molecule has 200 valence electrons. The number of H-pyrrole nitrogens is 1. The molecule has 2 aromatic rings. The van der Waals surface area contributed by atoms with Crippen molar-refractivity contribution in [1.29, 1.82) is 0 Å². The van der Waals surface area contributed by atoms with Gasteiger partial charge in [-0.3, -0.25) is 19.2 Å². The molecule has 0 aliphatic carbocycles. The summed E-state index contributed by atoms with van der Waals surface area (Å²) in [6, 6.07) is 2.25. The third-order valence-corrected chi connectivity index (χ3v) is 6.37. The number of amides is 3. The first-order valence-electron chi connectivity index (χ1n) is 11.8. The summed E-state index contributed by atoms with van der Waals surface area (Å²) in [6.45, 7) is 1.52. The maximum Gasteiger partial charge on any atom is 0.326 e. The summed E-state index contributed by atoms with van der Waals surface area (Å²) in [5, 5.41) is 33.6. The van der Waals surface area contributed by atoms with Crippen LogP contribution in [0.3, 0.4) is 0 Å². The van der Waals surface area contributed by atoms with Crippen LogP contribution < -0.4 is 16.4 Å². The molecule has 0 radical (unpaired) electrons. The first kappa shape index (κ1) is 27.6. The zero-order valence-electron chi connectivity index (χ0n) is 20.2. The highest BCUT2D eigenvalue weighted by atomic mass is 16.4. The minimum absolute atomic E-state index is 0.0583. The van der Waals surface area contributed by atoms with Crippen LogP contribution in [0.4, 0.5) is 0 Å². The Morgan fingerprint density at radius 1 is 1.14 bits per heavy atom. The molecule has 3 amide bonds. The SMILES string of the molecule is CC(O)C(N)C(=O)NC(Cc1c[nH]c2ccccc12)C(=O)N1CCCC1C(=O)NC(CC(=O)O)C(=O)O. The van der Waals surface area contributed by atoms with E-state index in [1.165, 1.54) is 11.8 Å². The molecule has 2 heterocycles. The third kappa shape index (κ3) is 6.62. The number of aliphatic carboxylic acids is 2. The molecule has 8 N–H and O–H groups in total. The number of carbonyl (C=O) groups is 5. The van der Waals surface area contributed by atoms with Gasteiger partial charge in [0.05, 0.1) is 12.5 Å². The standard InChI is InChI=1S/C24H31N5O8/c1-12(30)20(25)22(34)27-16(9-13-11-26-15-6-3-2-5-14(13)15)23(35)29-8-4-7-18(29)21(33)28-17(24(36)37)10-19(31)32/h2-3,5-6,11-12,16-18,20,26,30H,4,7-10,25H2,1H3,(H,27,34)(H,28,33)(H,31,32)(H,36,37). The van der Waals surface area contributed by atoms with Crippen LogP contribution >= 0.6 is 0 Å². The van der Waals surface area contributed by atoms with Crippen LogP contribution in [0.25, 0.3) is 10.9 Å². The molecule has 37 heavy (non-hydrogen) atoms. The van der Waals surface area contributed by atoms with Crippen molar-refractivity contribution >= 4 is 40.6 Å². The molecule has 5 unspecified atom stereocenters. The summed E-state index contributed by atoms with van der Waals surface area (Å²) < 4.78 is 0. The van der Waals surface area contributed by atoms with Gasteiger partial charge in [0.25, 0.3) is 0 Å². The molecule has 5 atom stereocenters. The number of nitrogens with one attached hydrogen (secondary N) is 3. The maximum atomic E-state index is 13.7. The Morgan fingerprint density at radius 2 is 1.84 bits per heavy atom. The second-order valence-corrected chi connectivity index (χ2v) is 9.08. The van der Waals surface area contributed by atoms with Crippen LogP contribution in [0.15, 0.2) is 30.5 Å². The second kappa shape index (κ2) is 11.8. The topological polar surface area (TPSA) is 215 Å². The number of aliphatic hydroxyl groups is 1. The molecule has 1 fully saturated rings. The number of fused-ring (bicyclic) bond motifs is 1. The monoisotopic (exact) mass is 517 g/mol. The van der Waals surface area contributed by atoms with E-state index in [4.69, 9.17) is 10.8 Å². The number of carboxylic acid groups (broad SMARTS) is 2. The van der Waals surface area contributed by atoms with Gasteiger partial charge in [-0.2, -0.15) is 0 Å². The lowest BCUT2D eigenvalue weighted by molar-refractivity contribution is -0.148. The lowest BCUT2D eigenvalue weighted by Crippen LogP contribution is -2.58. The number of carbonyl (C=O) groups excluding carboxylic acids is 3. The fourth-order valence-electron chi connectivity index (χ4n) is 4.35. The summed E-state index contributed by atoms with van der Waals surface area (Å²) >= 11 is 0. The van der Waals surface area contributed by atoms with Crippen LogP contribution in [0.1, 0.15) is 31.7 Å². The fourth-order valence-corrected chi connectivity index (χ4v) is 4.35. The molecule has 1 aliphatic heterocycles. The molecule has 0 saturated carbocycles. The van der Waals surface area contributed by atoms with Gasteiger partial charge in [-0.1, -0.05) is 18.2 Å². The zero-order chi connectivity index (χ0) is 27.3. The summed E-state index contributed by atoms with van der Waals surface area (Å²) in [5.41, 5.74) is 7.32. The van der Waals surface area contributed by atoms with Crippen molar-refractivity contribution in [3.8, 4) is 0 Å². The van der Waals surface area contributed by atoms with Gasteiger partial charge in [-0.25, -0.2) is 4.79 Å². The highest BCUT2D eigenvalue weighted by Gasteiger charge is 2.39. The fraction of sp³-hybridized carbons (Fsp3) is 0.458. The van der Waals surface area contributed by atoms with Gasteiger partial charge in [-0.15, -0.1) is 0 Å². The van der Waals surface area contributed by atoms with Crippen LogP contribution in [0.2, 0.25) is 0 Å². The number of nitrogens with two attached hydrogens (primary N) is 1.